The van der Waals surface area contributed by atoms with E-state index in [1.54, 1.807) is 11.1 Å². The van der Waals surface area contributed by atoms with Crippen LogP contribution in [0.5, 0.6) is 0 Å². The molecule has 0 spiro atoms. The molecule has 728 valence electrons. The molecule has 0 amide bonds. The van der Waals surface area contributed by atoms with E-state index in [4.69, 9.17) is 0 Å². The smallest absolute Gasteiger partial charge is 0.000729 e. The van der Waals surface area contributed by atoms with Crippen molar-refractivity contribution in [1.82, 2.24) is 0 Å². The molecule has 0 bridgehead atoms. The maximum atomic E-state index is 2.44. The highest BCUT2D eigenvalue weighted by atomic mass is 14.3. The largest absolute Gasteiger partial charge is 0.0683 e. The first-order valence-electron chi connectivity index (χ1n) is 54.1. The van der Waals surface area contributed by atoms with Crippen molar-refractivity contribution in [3.63, 3.8) is 0 Å². The van der Waals surface area contributed by atoms with Gasteiger partial charge < -0.3 is 0 Å². The fourth-order valence-electron chi connectivity index (χ4n) is 18.3. The Hall–Kier alpha value is -12.5. The Bertz CT molecular complexity index is 6100. The molecular formula is C138H176. The van der Waals surface area contributed by atoms with Gasteiger partial charge in [-0.1, -0.05) is 575 Å². The summed E-state index contributed by atoms with van der Waals surface area (Å²) in [4.78, 5) is 0. The average Bonchev–Trinajstić information content (AvgIpc) is 1.59. The molecule has 0 nitrogen and oxygen atoms in total. The summed E-state index contributed by atoms with van der Waals surface area (Å²) in [5.41, 5.74) is 46.6. The normalized spacial score (nSPS) is 10.4. The van der Waals surface area contributed by atoms with Gasteiger partial charge in [-0.25, -0.2) is 0 Å². The predicted molar refractivity (Wildman–Crippen MR) is 630 cm³/mol. The van der Waals surface area contributed by atoms with Gasteiger partial charge in [0.15, 0.2) is 0 Å². The fourth-order valence-corrected chi connectivity index (χ4v) is 18.3. The molecular weight excluding hydrogens is 1660 g/mol. The Kier molecular flexibility index (Phi) is 58.7. The molecule has 0 atom stereocenters. The minimum Gasteiger partial charge on any atom is -0.0683 e. The lowest BCUT2D eigenvalue weighted by atomic mass is 9.96. The van der Waals surface area contributed by atoms with Crippen LogP contribution in [0.4, 0.5) is 0 Å². The first kappa shape index (κ1) is 120. The van der Waals surface area contributed by atoms with Crippen molar-refractivity contribution >= 4 is 32.3 Å². The van der Waals surface area contributed by atoms with Crippen molar-refractivity contribution in [2.45, 2.75) is 287 Å². The molecule has 17 aromatic carbocycles. The zero-order valence-corrected chi connectivity index (χ0v) is 92.1. The quantitative estimate of drug-likeness (QED) is 0.142. The Balaban J connectivity index is 0.000000402. The topological polar surface area (TPSA) is 0 Å². The van der Waals surface area contributed by atoms with Gasteiger partial charge in [0.25, 0.3) is 0 Å². The van der Waals surface area contributed by atoms with Crippen LogP contribution in [0, 0.1) is 0 Å². The van der Waals surface area contributed by atoms with Crippen molar-refractivity contribution in [3.8, 4) is 89.0 Å². The molecule has 0 heterocycles. The van der Waals surface area contributed by atoms with Gasteiger partial charge in [0.05, 0.1) is 0 Å². The van der Waals surface area contributed by atoms with Crippen LogP contribution in [0.3, 0.4) is 0 Å². The number of fused-ring (bicyclic) bond motifs is 30. The Morgan fingerprint density at radius 1 is 0.109 bits per heavy atom. The minimum atomic E-state index is 1.08. The summed E-state index contributed by atoms with van der Waals surface area (Å²) in [5.74, 6) is 0. The molecule has 25 rings (SSSR count). The third-order valence-electron chi connectivity index (χ3n) is 23.3. The number of hydrogen-bond donors (Lipinski definition) is 0. The molecule has 0 saturated carbocycles. The van der Waals surface area contributed by atoms with Gasteiger partial charge in [-0.2, -0.15) is 0 Å². The van der Waals surface area contributed by atoms with E-state index in [0.717, 1.165) is 51.4 Å². The zero-order valence-electron chi connectivity index (χ0n) is 92.1. The maximum absolute atomic E-state index is 2.44. The molecule has 0 unspecified atom stereocenters. The van der Waals surface area contributed by atoms with Crippen LogP contribution in [0.25, 0.3) is 121 Å². The van der Waals surface area contributed by atoms with Crippen molar-refractivity contribution < 1.29 is 0 Å². The lowest BCUT2D eigenvalue weighted by molar-refractivity contribution is 1.16. The summed E-state index contributed by atoms with van der Waals surface area (Å²) >= 11 is 0. The van der Waals surface area contributed by atoms with E-state index in [9.17, 15) is 0 Å². The molecule has 8 aliphatic rings. The highest BCUT2D eigenvalue weighted by Gasteiger charge is 2.29. The van der Waals surface area contributed by atoms with Gasteiger partial charge in [-0.15, -0.1) is 0 Å². The summed E-state index contributed by atoms with van der Waals surface area (Å²) in [5, 5.41) is 8.15. The zero-order chi connectivity index (χ0) is 103. The molecule has 0 aliphatic heterocycles. The molecule has 0 N–H and O–H groups in total. The molecule has 0 heteroatoms. The van der Waals surface area contributed by atoms with Gasteiger partial charge in [-0.05, 0) is 274 Å². The summed E-state index contributed by atoms with van der Waals surface area (Å²) in [6.45, 7) is 68.0. The van der Waals surface area contributed by atoms with Crippen molar-refractivity contribution in [3.05, 3.63) is 441 Å². The van der Waals surface area contributed by atoms with Gasteiger partial charge in [0, 0.05) is 0 Å². The summed E-state index contributed by atoms with van der Waals surface area (Å²) in [6.07, 6.45) is 8.72. The van der Waals surface area contributed by atoms with Gasteiger partial charge >= 0.3 is 0 Å². The molecule has 0 saturated heterocycles. The summed E-state index contributed by atoms with van der Waals surface area (Å²) in [7, 11) is 0. The predicted octanol–water partition coefficient (Wildman–Crippen LogP) is 43.6. The number of hydrogen-bond acceptors (Lipinski definition) is 0. The van der Waals surface area contributed by atoms with E-state index in [2.05, 4.69) is 352 Å². The van der Waals surface area contributed by atoms with Gasteiger partial charge in [-0.3, -0.25) is 0 Å². The Morgan fingerprint density at radius 2 is 0.312 bits per heavy atom. The van der Waals surface area contributed by atoms with E-state index >= 15 is 0 Å². The lowest BCUT2D eigenvalue weighted by Crippen LogP contribution is -1.90. The highest BCUT2D eigenvalue weighted by Crippen LogP contribution is 2.49. The van der Waals surface area contributed by atoms with Crippen LogP contribution in [-0.4, -0.2) is 0 Å². The summed E-state index contributed by atoms with van der Waals surface area (Å²) < 4.78 is 0. The average molecular weight is 1830 g/mol. The van der Waals surface area contributed by atoms with Crippen LogP contribution in [-0.2, 0) is 51.4 Å². The van der Waals surface area contributed by atoms with E-state index in [0.29, 0.717) is 0 Å². The fraction of sp³-hybridized carbons (Fsp3) is 0.304. The standard InChI is InChI=1S/2C20H14.3C17H12.C13H10.17C2H6/c1-3-7-17-13(5-1)9-15-11-16-10-14-6-2-4-8-18(14)20(16)12-19(15)17;1-3-7-15-13(5-1)11-19-17(15)9-10-18-16-8-4-2-6-14(16)12-20(18)19;1-3-7-15-12(5-1)9-10-14-11-13-6-2-4-8-16(13)17(14)15;1-3-7-14-12(5-1)9-10-16-15-8-4-2-6-13(15)11-17(14)16;1-2-6-13-11-17-15(9-12(13)5-1)10-14-7-3-4-8-16(14)17;1-3-7-12-10(5-1)9-11-6-2-4-8-13(11)12;17*1-2/h1-8,11-12H,9-10H2;1-10H,11-12H2;2*1-10H,11H2;1-9,11H,10H2;1-8H,9H2;17*1-2H3. The third-order valence-corrected chi connectivity index (χ3v) is 23.3. The van der Waals surface area contributed by atoms with E-state index in [1.807, 2.05) is 235 Å². The number of benzene rings is 17. The van der Waals surface area contributed by atoms with E-state index in [1.165, 1.54) is 199 Å². The van der Waals surface area contributed by atoms with Crippen molar-refractivity contribution in [2.75, 3.05) is 0 Å². The molecule has 0 radical (unpaired) electrons. The molecule has 17 aromatic rings. The monoisotopic (exact) mass is 1830 g/mol. The first-order valence-corrected chi connectivity index (χ1v) is 54.1. The molecule has 0 aromatic heterocycles. The minimum absolute atomic E-state index is 1.08. The van der Waals surface area contributed by atoms with Crippen LogP contribution < -0.4 is 0 Å². The van der Waals surface area contributed by atoms with Crippen LogP contribution in [0.2, 0.25) is 0 Å². The van der Waals surface area contributed by atoms with Crippen molar-refractivity contribution in [2.24, 2.45) is 0 Å². The lowest BCUT2D eigenvalue weighted by Gasteiger charge is -2.07. The van der Waals surface area contributed by atoms with E-state index < -0.39 is 0 Å². The van der Waals surface area contributed by atoms with Crippen LogP contribution in [0.1, 0.15) is 324 Å². The van der Waals surface area contributed by atoms with E-state index in [-0.39, 0.29) is 0 Å². The summed E-state index contributed by atoms with van der Waals surface area (Å²) in [6, 6.07) is 128. The van der Waals surface area contributed by atoms with Crippen molar-refractivity contribution in [1.29, 1.82) is 0 Å². The van der Waals surface area contributed by atoms with Gasteiger partial charge in [0.2, 0.25) is 0 Å². The molecule has 0 fully saturated rings. The Morgan fingerprint density at radius 3 is 0.659 bits per heavy atom. The Labute approximate surface area is 843 Å². The van der Waals surface area contributed by atoms with Crippen LogP contribution >= 0.6 is 0 Å². The maximum Gasteiger partial charge on any atom is -0.000729 e. The number of rotatable bonds is 0. The highest BCUT2D eigenvalue weighted by molar-refractivity contribution is 6.02. The molecule has 8 aliphatic carbocycles. The third kappa shape index (κ3) is 28.6. The second kappa shape index (κ2) is 67.7. The second-order valence-corrected chi connectivity index (χ2v) is 29.1. The molecule has 138 heavy (non-hydrogen) atoms. The van der Waals surface area contributed by atoms with Crippen LogP contribution in [0.15, 0.2) is 352 Å². The van der Waals surface area contributed by atoms with Gasteiger partial charge in [0.1, 0.15) is 0 Å². The second-order valence-electron chi connectivity index (χ2n) is 29.1. The first-order chi connectivity index (χ1) is 68.5. The SMILES string of the molecule is CC.CC.CC.CC.CC.CC.CC.CC.CC.CC.CC.CC.CC.CC.CC.CC.CC.c1ccc2c(c1)Cc1c-2ccc2c1Cc1ccccc1-2.c1ccc2c(c1)Cc1c-2ccc2ccccc12.c1ccc2c(c1)Cc1cc3c(cc1-2)-c1ccccc1C3.c1ccc2c(c1)Cc1cc3ccccc3cc1-2.c1ccc2c(c1)Cc1ccc3ccccc3c1-2.c1ccc2c(c1)Cc1ccccc1-2.